The predicted molar refractivity (Wildman–Crippen MR) is 95.1 cm³/mol. The number of aromatic nitrogens is 1. The van der Waals surface area contributed by atoms with Crippen molar-refractivity contribution in [2.45, 2.75) is 19.5 Å². The summed E-state index contributed by atoms with van der Waals surface area (Å²) < 4.78 is 0.822. The summed E-state index contributed by atoms with van der Waals surface area (Å²) in [7, 11) is 0. The number of nitrogens with one attached hydrogen (secondary N) is 1. The van der Waals surface area contributed by atoms with Gasteiger partial charge >= 0.3 is 0 Å². The molecule has 0 unspecified atom stereocenters. The number of amides is 1. The molecule has 0 bridgehead atoms. The van der Waals surface area contributed by atoms with E-state index >= 15 is 0 Å². The van der Waals surface area contributed by atoms with Crippen molar-refractivity contribution in [3.8, 4) is 6.07 Å². The number of rotatable bonds is 5. The Morgan fingerprint density at radius 3 is 2.69 bits per heavy atom. The van der Waals surface area contributed by atoms with Crippen molar-refractivity contribution in [2.24, 2.45) is 0 Å². The standard InChI is InChI=1S/C16H12Cl2N4O4/c1-9(13-3-2-11(17)5-14(13)18)20-15(23)8-21-7-12(22(25)26)4-10(6-19)16(21)24/h2-5,7,9H,8H2,1H3,(H,20,23)/t9-/m0/s1. The van der Waals surface area contributed by atoms with E-state index in [0.29, 0.717) is 15.6 Å². The zero-order valence-corrected chi connectivity index (χ0v) is 14.9. The molecule has 0 aliphatic rings. The van der Waals surface area contributed by atoms with Crippen LogP contribution in [0.25, 0.3) is 0 Å². The molecule has 1 aromatic carbocycles. The first-order valence-electron chi connectivity index (χ1n) is 7.26. The second-order valence-electron chi connectivity index (χ2n) is 5.37. The molecular weight excluding hydrogens is 383 g/mol. The maximum absolute atomic E-state index is 12.2. The van der Waals surface area contributed by atoms with Crippen molar-refractivity contribution in [3.63, 3.8) is 0 Å². The molecule has 1 atom stereocenters. The predicted octanol–water partition coefficient (Wildman–Crippen LogP) is 2.81. The van der Waals surface area contributed by atoms with Crippen LogP contribution >= 0.6 is 23.2 Å². The fourth-order valence-electron chi connectivity index (χ4n) is 2.29. The molecule has 0 aliphatic heterocycles. The number of halogens is 2. The maximum Gasteiger partial charge on any atom is 0.287 e. The molecule has 1 amide bonds. The van der Waals surface area contributed by atoms with Gasteiger partial charge in [0.1, 0.15) is 18.2 Å². The van der Waals surface area contributed by atoms with Gasteiger partial charge in [0.2, 0.25) is 5.91 Å². The van der Waals surface area contributed by atoms with E-state index in [1.54, 1.807) is 25.1 Å². The Morgan fingerprint density at radius 1 is 1.42 bits per heavy atom. The summed E-state index contributed by atoms with van der Waals surface area (Å²) in [5, 5.41) is 23.3. The van der Waals surface area contributed by atoms with Crippen LogP contribution in [0.1, 0.15) is 24.1 Å². The third kappa shape index (κ3) is 4.39. The van der Waals surface area contributed by atoms with Gasteiger partial charge in [-0.1, -0.05) is 29.3 Å². The van der Waals surface area contributed by atoms with Gasteiger partial charge in [-0.25, -0.2) is 0 Å². The normalized spacial score (nSPS) is 11.5. The molecule has 0 saturated heterocycles. The monoisotopic (exact) mass is 394 g/mol. The molecule has 10 heteroatoms. The van der Waals surface area contributed by atoms with Crippen molar-refractivity contribution in [1.82, 2.24) is 9.88 Å². The minimum absolute atomic E-state index is 0.365. The van der Waals surface area contributed by atoms with Crippen molar-refractivity contribution in [3.05, 3.63) is 72.1 Å². The lowest BCUT2D eigenvalue weighted by molar-refractivity contribution is -0.385. The average molecular weight is 395 g/mol. The minimum Gasteiger partial charge on any atom is -0.348 e. The van der Waals surface area contributed by atoms with Crippen molar-refractivity contribution in [1.29, 1.82) is 5.26 Å². The van der Waals surface area contributed by atoms with Crippen molar-refractivity contribution in [2.75, 3.05) is 0 Å². The summed E-state index contributed by atoms with van der Waals surface area (Å²) in [6.45, 7) is 1.20. The number of nitro groups is 1. The molecule has 0 saturated carbocycles. The van der Waals surface area contributed by atoms with Gasteiger partial charge in [-0.15, -0.1) is 0 Å². The Morgan fingerprint density at radius 2 is 2.12 bits per heavy atom. The van der Waals surface area contributed by atoms with Crippen molar-refractivity contribution >= 4 is 34.8 Å². The number of nitriles is 1. The van der Waals surface area contributed by atoms with E-state index in [1.165, 1.54) is 6.07 Å². The topological polar surface area (TPSA) is 118 Å². The number of carbonyl (C=O) groups excluding carboxylic acids is 1. The molecule has 2 rings (SSSR count). The third-order valence-electron chi connectivity index (χ3n) is 3.52. The van der Waals surface area contributed by atoms with Gasteiger partial charge < -0.3 is 5.32 Å². The molecule has 1 aromatic heterocycles. The van der Waals surface area contributed by atoms with Gasteiger partial charge in [0.25, 0.3) is 11.2 Å². The molecule has 2 aromatic rings. The fourth-order valence-corrected chi connectivity index (χ4v) is 2.86. The third-order valence-corrected chi connectivity index (χ3v) is 4.09. The Balaban J connectivity index is 2.22. The number of hydrogen-bond donors (Lipinski definition) is 1. The van der Waals surface area contributed by atoms with E-state index in [0.717, 1.165) is 16.8 Å². The second-order valence-corrected chi connectivity index (χ2v) is 6.21. The first kappa shape index (κ1) is 19.4. The highest BCUT2D eigenvalue weighted by molar-refractivity contribution is 6.35. The smallest absolute Gasteiger partial charge is 0.287 e. The van der Waals surface area contributed by atoms with E-state index in [2.05, 4.69) is 5.32 Å². The van der Waals surface area contributed by atoms with Crippen LogP contribution < -0.4 is 10.9 Å². The van der Waals surface area contributed by atoms with Gasteiger partial charge in [0, 0.05) is 16.1 Å². The van der Waals surface area contributed by atoms with E-state index in [4.69, 9.17) is 28.5 Å². The minimum atomic E-state index is -0.787. The van der Waals surface area contributed by atoms with Crippen LogP contribution in [0, 0.1) is 21.4 Å². The zero-order chi connectivity index (χ0) is 19.4. The molecular formula is C16H12Cl2N4O4. The number of pyridine rings is 1. The van der Waals surface area contributed by atoms with Gasteiger partial charge in [0.05, 0.1) is 17.2 Å². The highest BCUT2D eigenvalue weighted by Crippen LogP contribution is 2.26. The quantitative estimate of drug-likeness (QED) is 0.617. The molecule has 0 aliphatic carbocycles. The second kappa shape index (κ2) is 7.99. The van der Waals surface area contributed by atoms with Crippen LogP contribution in [0.5, 0.6) is 0 Å². The first-order valence-corrected chi connectivity index (χ1v) is 8.01. The van der Waals surface area contributed by atoms with E-state index in [9.17, 15) is 19.7 Å². The van der Waals surface area contributed by atoms with Crippen LogP contribution in [0.4, 0.5) is 5.69 Å². The van der Waals surface area contributed by atoms with E-state index in [1.807, 2.05) is 0 Å². The molecule has 0 fully saturated rings. The molecule has 134 valence electrons. The summed E-state index contributed by atoms with van der Waals surface area (Å²) in [4.78, 5) is 34.4. The Labute approximate surface area is 157 Å². The lowest BCUT2D eigenvalue weighted by Crippen LogP contribution is -2.34. The highest BCUT2D eigenvalue weighted by atomic mass is 35.5. The number of hydrogen-bond acceptors (Lipinski definition) is 5. The van der Waals surface area contributed by atoms with Gasteiger partial charge in [0.15, 0.2) is 0 Å². The largest absolute Gasteiger partial charge is 0.348 e. The highest BCUT2D eigenvalue weighted by Gasteiger charge is 2.17. The Hall–Kier alpha value is -2.89. The lowest BCUT2D eigenvalue weighted by Gasteiger charge is -2.16. The van der Waals surface area contributed by atoms with Gasteiger partial charge in [-0.2, -0.15) is 5.26 Å². The fraction of sp³-hybridized carbons (Fsp3) is 0.188. The average Bonchev–Trinajstić information content (AvgIpc) is 2.56. The number of nitrogens with zero attached hydrogens (tertiary/aromatic N) is 3. The summed E-state index contributed by atoms with van der Waals surface area (Å²) >= 11 is 11.9. The molecule has 1 N–H and O–H groups in total. The van der Waals surface area contributed by atoms with Crippen LogP contribution in [0.2, 0.25) is 10.0 Å². The van der Waals surface area contributed by atoms with Crippen LogP contribution in [0.3, 0.4) is 0 Å². The van der Waals surface area contributed by atoms with Gasteiger partial charge in [-0.3, -0.25) is 24.3 Å². The van der Waals surface area contributed by atoms with Gasteiger partial charge in [-0.05, 0) is 24.6 Å². The molecule has 8 nitrogen and oxygen atoms in total. The summed E-state index contributed by atoms with van der Waals surface area (Å²) in [6.07, 6.45) is 0.919. The van der Waals surface area contributed by atoms with Crippen LogP contribution in [-0.4, -0.2) is 15.4 Å². The van der Waals surface area contributed by atoms with Crippen molar-refractivity contribution < 1.29 is 9.72 Å². The Bertz CT molecular complexity index is 981. The summed E-state index contributed by atoms with van der Waals surface area (Å²) in [6, 6.07) is 6.77. The SMILES string of the molecule is C[C@H](NC(=O)Cn1cc([N+](=O)[O-])cc(C#N)c1=O)c1ccc(Cl)cc1Cl. The first-order chi connectivity index (χ1) is 12.2. The molecule has 26 heavy (non-hydrogen) atoms. The number of benzene rings is 1. The molecule has 0 spiro atoms. The van der Waals surface area contributed by atoms with E-state index < -0.39 is 40.2 Å². The summed E-state index contributed by atoms with van der Waals surface area (Å²) in [5.41, 5.74) is -1.04. The number of carbonyl (C=O) groups is 1. The zero-order valence-electron chi connectivity index (χ0n) is 13.4. The summed E-state index contributed by atoms with van der Waals surface area (Å²) in [5.74, 6) is -0.574. The molecule has 1 heterocycles. The molecule has 0 radical (unpaired) electrons. The lowest BCUT2D eigenvalue weighted by atomic mass is 10.1. The maximum atomic E-state index is 12.2. The van der Waals surface area contributed by atoms with E-state index in [-0.39, 0.29) is 0 Å². The van der Waals surface area contributed by atoms with Crippen LogP contribution in [-0.2, 0) is 11.3 Å². The Kier molecular flexibility index (Phi) is 5.97. The van der Waals surface area contributed by atoms with Crippen LogP contribution in [0.15, 0.2) is 35.3 Å².